The van der Waals surface area contributed by atoms with Gasteiger partial charge in [-0.05, 0) is 44.5 Å². The van der Waals surface area contributed by atoms with E-state index in [1.165, 1.54) is 14.2 Å². The van der Waals surface area contributed by atoms with Crippen LogP contribution in [0, 0.1) is 11.8 Å². The third-order valence-corrected chi connectivity index (χ3v) is 5.19. The van der Waals surface area contributed by atoms with Crippen LogP contribution in [0.5, 0.6) is 0 Å². The van der Waals surface area contributed by atoms with Gasteiger partial charge in [0.05, 0.1) is 37.2 Å². The Morgan fingerprint density at radius 3 is 2.12 bits per heavy atom. The van der Waals surface area contributed by atoms with E-state index < -0.39 is 26.4 Å². The molecule has 0 heterocycles. The fraction of sp³-hybridized carbons (Fsp3) is 0.647. The zero-order valence-electron chi connectivity index (χ0n) is 15.2. The number of hydrogen-bond donors (Lipinski definition) is 0. The molecule has 7 heteroatoms. The van der Waals surface area contributed by atoms with Gasteiger partial charge in [-0.3, -0.25) is 0 Å². The first kappa shape index (κ1) is 18.7. The van der Waals surface area contributed by atoms with Crippen molar-refractivity contribution in [2.45, 2.75) is 38.6 Å². The Kier molecular flexibility index (Phi) is 5.55. The molecular weight excluding hydrogens is 328 g/mol. The third kappa shape index (κ3) is 3.56. The largest absolute Gasteiger partial charge is 0.547 e. The molecule has 0 aromatic heterocycles. The summed E-state index contributed by atoms with van der Waals surface area (Å²) in [5, 5.41) is 0. The summed E-state index contributed by atoms with van der Waals surface area (Å²) in [6.45, 7) is 6.26. The molecule has 0 fully saturated rings. The Balaban J connectivity index is 2.57. The van der Waals surface area contributed by atoms with Crippen LogP contribution >= 0.6 is 0 Å². The maximum absolute atomic E-state index is 12.5. The molecule has 0 aliphatic heterocycles. The molecule has 2 rings (SSSR count). The molecule has 6 nitrogen and oxygen atoms in total. The van der Waals surface area contributed by atoms with Gasteiger partial charge in [0, 0.05) is 13.0 Å². The molecule has 0 N–H and O–H groups in total. The molecule has 0 saturated heterocycles. The highest BCUT2D eigenvalue weighted by Crippen LogP contribution is 2.46. The summed E-state index contributed by atoms with van der Waals surface area (Å²) in [6.07, 6.45) is 2.98. The molecule has 0 saturated carbocycles. The van der Waals surface area contributed by atoms with Crippen LogP contribution in [-0.4, -0.2) is 47.7 Å². The fourth-order valence-corrected chi connectivity index (χ4v) is 4.42. The Morgan fingerprint density at radius 1 is 1.04 bits per heavy atom. The highest BCUT2D eigenvalue weighted by atomic mass is 28.4. The van der Waals surface area contributed by atoms with Crippen LogP contribution < -0.4 is 0 Å². The van der Waals surface area contributed by atoms with Gasteiger partial charge in [-0.2, -0.15) is 0 Å². The van der Waals surface area contributed by atoms with Crippen molar-refractivity contribution in [3.05, 3.63) is 23.0 Å². The minimum absolute atomic E-state index is 0.108. The maximum atomic E-state index is 12.5. The number of methoxy groups -OCH3 is 3. The third-order valence-electron chi connectivity index (χ3n) is 4.34. The quantitative estimate of drug-likeness (QED) is 0.558. The molecule has 0 radical (unpaired) electrons. The van der Waals surface area contributed by atoms with E-state index >= 15 is 0 Å². The van der Waals surface area contributed by atoms with Crippen LogP contribution in [0.25, 0.3) is 0 Å². The molecule has 24 heavy (non-hydrogen) atoms. The first-order chi connectivity index (χ1) is 11.2. The number of carbonyl (C=O) groups is 2. The van der Waals surface area contributed by atoms with Gasteiger partial charge in [0.1, 0.15) is 0 Å². The smallest absolute Gasteiger partial charge is 0.336 e. The van der Waals surface area contributed by atoms with Gasteiger partial charge in [0.2, 0.25) is 8.32 Å². The molecule has 3 unspecified atom stereocenters. The summed E-state index contributed by atoms with van der Waals surface area (Å²) in [5.41, 5.74) is 0.564. The van der Waals surface area contributed by atoms with E-state index in [2.05, 4.69) is 19.6 Å². The highest BCUT2D eigenvalue weighted by Gasteiger charge is 2.47. The molecule has 2 aliphatic rings. The van der Waals surface area contributed by atoms with Gasteiger partial charge in [-0.1, -0.05) is 0 Å². The van der Waals surface area contributed by atoms with E-state index in [0.29, 0.717) is 12.0 Å². The molecule has 134 valence electrons. The zero-order chi connectivity index (χ0) is 18.1. The molecule has 0 aromatic carbocycles. The van der Waals surface area contributed by atoms with Crippen molar-refractivity contribution in [3.8, 4) is 0 Å². The molecule has 0 aromatic rings. The topological polar surface area (TPSA) is 71.1 Å². The van der Waals surface area contributed by atoms with E-state index in [1.807, 2.05) is 6.08 Å². The van der Waals surface area contributed by atoms with Crippen LogP contribution in [-0.2, 0) is 28.2 Å². The minimum Gasteiger partial charge on any atom is -0.547 e. The highest BCUT2D eigenvalue weighted by molar-refractivity contribution is 6.70. The van der Waals surface area contributed by atoms with Gasteiger partial charge in [0.25, 0.3) is 0 Å². The second-order valence-corrected chi connectivity index (χ2v) is 11.5. The molecule has 0 spiro atoms. The van der Waals surface area contributed by atoms with Crippen molar-refractivity contribution in [1.82, 2.24) is 0 Å². The zero-order valence-corrected chi connectivity index (χ0v) is 16.2. The predicted octanol–water partition coefficient (Wildman–Crippen LogP) is 2.42. The van der Waals surface area contributed by atoms with Crippen molar-refractivity contribution in [2.75, 3.05) is 21.3 Å². The van der Waals surface area contributed by atoms with E-state index in [0.717, 1.165) is 12.2 Å². The van der Waals surface area contributed by atoms with Gasteiger partial charge >= 0.3 is 11.9 Å². The van der Waals surface area contributed by atoms with Gasteiger partial charge < -0.3 is 18.6 Å². The summed E-state index contributed by atoms with van der Waals surface area (Å²) >= 11 is 0. The van der Waals surface area contributed by atoms with Crippen molar-refractivity contribution in [2.24, 2.45) is 11.8 Å². The number of ether oxygens (including phenoxy) is 3. The lowest BCUT2D eigenvalue weighted by molar-refractivity contribution is -0.142. The van der Waals surface area contributed by atoms with Crippen molar-refractivity contribution >= 4 is 20.3 Å². The minimum atomic E-state index is -1.85. The first-order valence-corrected chi connectivity index (χ1v) is 11.5. The Bertz CT molecular complexity index is 586. The lowest BCUT2D eigenvalue weighted by atomic mass is 9.69. The second-order valence-electron chi connectivity index (χ2n) is 7.07. The van der Waals surface area contributed by atoms with Crippen LogP contribution in [0.1, 0.15) is 12.8 Å². The lowest BCUT2D eigenvalue weighted by Crippen LogP contribution is -2.43. The molecule has 3 atom stereocenters. The second kappa shape index (κ2) is 7.10. The molecule has 2 bridgehead atoms. The summed E-state index contributed by atoms with van der Waals surface area (Å²) in [6, 6.07) is 0. The molecular formula is C17H26O6Si. The van der Waals surface area contributed by atoms with E-state index in [-0.39, 0.29) is 17.4 Å². The predicted molar refractivity (Wildman–Crippen MR) is 90.6 cm³/mol. The summed E-state index contributed by atoms with van der Waals surface area (Å²) in [7, 11) is 2.31. The van der Waals surface area contributed by atoms with Gasteiger partial charge in [-0.15, -0.1) is 0 Å². The number of rotatable bonds is 5. The number of carbonyl (C=O) groups excluding carboxylic acids is 2. The average molecular weight is 354 g/mol. The Hall–Kier alpha value is -1.60. The van der Waals surface area contributed by atoms with Crippen LogP contribution in [0.3, 0.4) is 0 Å². The molecule has 2 aliphatic carbocycles. The van der Waals surface area contributed by atoms with Gasteiger partial charge in [-0.25, -0.2) is 9.59 Å². The van der Waals surface area contributed by atoms with E-state index in [9.17, 15) is 9.59 Å². The number of allylic oxidation sites excluding steroid dienone is 2. The SMILES string of the molecule is COC(=O)C1=C(C(=O)OC)C(OC)C2CC=C(O[Si](C)(C)C)C1C2. The average Bonchev–Trinajstić information content (AvgIpc) is 2.54. The van der Waals surface area contributed by atoms with Crippen molar-refractivity contribution in [3.63, 3.8) is 0 Å². The van der Waals surface area contributed by atoms with Crippen molar-refractivity contribution < 1.29 is 28.2 Å². The van der Waals surface area contributed by atoms with Crippen LogP contribution in [0.15, 0.2) is 23.0 Å². The summed E-state index contributed by atoms with van der Waals surface area (Å²) in [4.78, 5) is 24.8. The fourth-order valence-electron chi connectivity index (χ4n) is 3.48. The summed E-state index contributed by atoms with van der Waals surface area (Å²) < 4.78 is 21.6. The normalized spacial score (nSPS) is 26.6. The monoisotopic (exact) mass is 354 g/mol. The Morgan fingerprint density at radius 2 is 1.62 bits per heavy atom. The van der Waals surface area contributed by atoms with Crippen LogP contribution in [0.4, 0.5) is 0 Å². The van der Waals surface area contributed by atoms with E-state index in [1.54, 1.807) is 7.11 Å². The van der Waals surface area contributed by atoms with Gasteiger partial charge in [0.15, 0.2) is 0 Å². The number of hydrogen-bond acceptors (Lipinski definition) is 6. The maximum Gasteiger partial charge on any atom is 0.336 e. The Labute approximate surface area is 143 Å². The number of esters is 2. The van der Waals surface area contributed by atoms with E-state index in [4.69, 9.17) is 18.6 Å². The standard InChI is InChI=1S/C17H26O6Si/c1-20-15-10-7-8-12(23-24(4,5)6)11(9-10)13(16(18)21-2)14(15)17(19)22-3/h8,10-11,15H,7,9H2,1-6H3. The molecule has 0 amide bonds. The summed E-state index contributed by atoms with van der Waals surface area (Å²) in [5.74, 6) is -0.499. The van der Waals surface area contributed by atoms with Crippen LogP contribution in [0.2, 0.25) is 19.6 Å². The first-order valence-electron chi connectivity index (χ1n) is 8.06. The lowest BCUT2D eigenvalue weighted by Gasteiger charge is -2.41. The number of fused-ring (bicyclic) bond motifs is 2. The van der Waals surface area contributed by atoms with Crippen molar-refractivity contribution in [1.29, 1.82) is 0 Å².